The summed E-state index contributed by atoms with van der Waals surface area (Å²) in [6.45, 7) is 0. The highest BCUT2D eigenvalue weighted by molar-refractivity contribution is 6.32. The van der Waals surface area contributed by atoms with E-state index in [1.165, 1.54) is 0 Å². The molecule has 0 saturated carbocycles. The van der Waals surface area contributed by atoms with Gasteiger partial charge in [0.25, 0.3) is 0 Å². The molecule has 0 fully saturated rings. The number of ether oxygens (including phenoxy) is 4. The van der Waals surface area contributed by atoms with Gasteiger partial charge in [-0.15, -0.1) is 0 Å². The van der Waals surface area contributed by atoms with Gasteiger partial charge in [-0.25, -0.2) is 0 Å². The first-order chi connectivity index (χ1) is 10.6. The Bertz CT molecular complexity index is 636. The molecule has 0 bridgehead atoms. The molecule has 2 aromatic carbocycles. The highest BCUT2D eigenvalue weighted by Crippen LogP contribution is 2.42. The molecule has 0 saturated heterocycles. The average molecular weight is 324 g/mol. The van der Waals surface area contributed by atoms with Crippen molar-refractivity contribution >= 4 is 23.0 Å². The minimum Gasteiger partial charge on any atom is -0.493 e. The monoisotopic (exact) mass is 323 g/mol. The molecule has 0 unspecified atom stereocenters. The third-order valence-electron chi connectivity index (χ3n) is 3.11. The molecule has 0 atom stereocenters. The number of methoxy groups -OCH3 is 4. The average Bonchev–Trinajstić information content (AvgIpc) is 2.54. The maximum absolute atomic E-state index is 6.13. The van der Waals surface area contributed by atoms with Gasteiger partial charge in [0.2, 0.25) is 5.75 Å². The maximum Gasteiger partial charge on any atom is 0.203 e. The molecular formula is C16H18ClNO4. The van der Waals surface area contributed by atoms with E-state index in [1.807, 2.05) is 24.3 Å². The first kappa shape index (κ1) is 16.1. The van der Waals surface area contributed by atoms with Crippen LogP contribution < -0.4 is 24.3 Å². The lowest BCUT2D eigenvalue weighted by molar-refractivity contribution is 0.324. The number of rotatable bonds is 6. The number of nitrogens with one attached hydrogen (secondary N) is 1. The molecular weight excluding hydrogens is 306 g/mol. The molecule has 5 nitrogen and oxygen atoms in total. The number of halogens is 1. The molecule has 6 heteroatoms. The largest absolute Gasteiger partial charge is 0.493 e. The van der Waals surface area contributed by atoms with Gasteiger partial charge in [0, 0.05) is 17.8 Å². The predicted octanol–water partition coefficient (Wildman–Crippen LogP) is 4.12. The summed E-state index contributed by atoms with van der Waals surface area (Å²) in [7, 11) is 6.27. The molecule has 2 rings (SSSR count). The van der Waals surface area contributed by atoms with Gasteiger partial charge in [0.1, 0.15) is 0 Å². The van der Waals surface area contributed by atoms with E-state index in [0.717, 1.165) is 11.4 Å². The van der Waals surface area contributed by atoms with Gasteiger partial charge in [-0.1, -0.05) is 17.7 Å². The SMILES string of the molecule is COc1cc(Nc2cccc(Cl)c2OC)cc(OC)c1OC. The third kappa shape index (κ3) is 3.14. The van der Waals surface area contributed by atoms with Crippen LogP contribution in [0.1, 0.15) is 0 Å². The Morgan fingerprint density at radius 1 is 0.818 bits per heavy atom. The van der Waals surface area contributed by atoms with E-state index in [1.54, 1.807) is 34.5 Å². The molecule has 0 radical (unpaired) electrons. The van der Waals surface area contributed by atoms with Crippen LogP contribution >= 0.6 is 11.6 Å². The van der Waals surface area contributed by atoms with Gasteiger partial charge < -0.3 is 24.3 Å². The summed E-state index contributed by atoms with van der Waals surface area (Å²) in [6, 6.07) is 9.09. The van der Waals surface area contributed by atoms with Crippen molar-refractivity contribution in [3.63, 3.8) is 0 Å². The molecule has 0 heterocycles. The lowest BCUT2D eigenvalue weighted by Gasteiger charge is -2.16. The van der Waals surface area contributed by atoms with Crippen LogP contribution in [0.2, 0.25) is 5.02 Å². The van der Waals surface area contributed by atoms with Crippen LogP contribution in [0.25, 0.3) is 0 Å². The van der Waals surface area contributed by atoms with Crippen molar-refractivity contribution in [2.75, 3.05) is 33.8 Å². The Labute approximate surface area is 134 Å². The lowest BCUT2D eigenvalue weighted by Crippen LogP contribution is -1.99. The van der Waals surface area contributed by atoms with E-state index in [4.69, 9.17) is 30.5 Å². The van der Waals surface area contributed by atoms with Gasteiger partial charge >= 0.3 is 0 Å². The third-order valence-corrected chi connectivity index (χ3v) is 3.41. The normalized spacial score (nSPS) is 10.0. The van der Waals surface area contributed by atoms with Gasteiger partial charge in [-0.3, -0.25) is 0 Å². The van der Waals surface area contributed by atoms with E-state index in [9.17, 15) is 0 Å². The van der Waals surface area contributed by atoms with E-state index >= 15 is 0 Å². The molecule has 1 N–H and O–H groups in total. The topological polar surface area (TPSA) is 49.0 Å². The van der Waals surface area contributed by atoms with Crippen LogP contribution in [0, 0.1) is 0 Å². The Morgan fingerprint density at radius 2 is 1.41 bits per heavy atom. The summed E-state index contributed by atoms with van der Waals surface area (Å²) in [6.07, 6.45) is 0. The van der Waals surface area contributed by atoms with Gasteiger partial charge in [0.05, 0.1) is 39.1 Å². The first-order valence-electron chi connectivity index (χ1n) is 6.54. The van der Waals surface area contributed by atoms with E-state index < -0.39 is 0 Å². The number of hydrogen-bond donors (Lipinski definition) is 1. The van der Waals surface area contributed by atoms with Crippen LogP contribution in [-0.2, 0) is 0 Å². The summed E-state index contributed by atoms with van der Waals surface area (Å²) in [4.78, 5) is 0. The van der Waals surface area contributed by atoms with Crippen molar-refractivity contribution in [1.82, 2.24) is 0 Å². The highest BCUT2D eigenvalue weighted by atomic mass is 35.5. The van der Waals surface area contributed by atoms with Crippen molar-refractivity contribution in [1.29, 1.82) is 0 Å². The first-order valence-corrected chi connectivity index (χ1v) is 6.92. The number of para-hydroxylation sites is 1. The quantitative estimate of drug-likeness (QED) is 0.866. The van der Waals surface area contributed by atoms with Crippen LogP contribution in [0.5, 0.6) is 23.0 Å². The minimum absolute atomic E-state index is 0.528. The summed E-state index contributed by atoms with van der Waals surface area (Å²) in [5.74, 6) is 2.22. The van der Waals surface area contributed by atoms with Crippen LogP contribution in [0.15, 0.2) is 30.3 Å². The zero-order valence-electron chi connectivity index (χ0n) is 12.9. The van der Waals surface area contributed by atoms with Crippen molar-refractivity contribution in [3.05, 3.63) is 35.4 Å². The second kappa shape index (κ2) is 7.13. The van der Waals surface area contributed by atoms with Gasteiger partial charge in [0.15, 0.2) is 17.2 Å². The second-order valence-corrected chi connectivity index (χ2v) is 4.77. The van der Waals surface area contributed by atoms with Crippen molar-refractivity contribution in [3.8, 4) is 23.0 Å². The maximum atomic E-state index is 6.13. The fourth-order valence-corrected chi connectivity index (χ4v) is 2.38. The summed E-state index contributed by atoms with van der Waals surface area (Å²) >= 11 is 6.13. The molecule has 0 aliphatic heterocycles. The Morgan fingerprint density at radius 3 is 1.91 bits per heavy atom. The number of anilines is 2. The Kier molecular flexibility index (Phi) is 5.22. The molecule has 2 aromatic rings. The van der Waals surface area contributed by atoms with Crippen molar-refractivity contribution < 1.29 is 18.9 Å². The summed E-state index contributed by atoms with van der Waals surface area (Å²) < 4.78 is 21.3. The Balaban J connectivity index is 2.44. The molecule has 118 valence electrons. The predicted molar refractivity (Wildman–Crippen MR) is 87.4 cm³/mol. The van der Waals surface area contributed by atoms with Gasteiger partial charge in [-0.2, -0.15) is 0 Å². The lowest BCUT2D eigenvalue weighted by atomic mass is 10.2. The Hall–Kier alpha value is -2.27. The molecule has 0 amide bonds. The van der Waals surface area contributed by atoms with E-state index in [2.05, 4.69) is 5.32 Å². The van der Waals surface area contributed by atoms with Crippen LogP contribution in [0.4, 0.5) is 11.4 Å². The molecule has 0 aliphatic carbocycles. The van der Waals surface area contributed by atoms with Crippen LogP contribution in [-0.4, -0.2) is 28.4 Å². The highest BCUT2D eigenvalue weighted by Gasteiger charge is 2.14. The standard InChI is InChI=1S/C16H18ClNO4/c1-19-13-8-10(9-14(20-2)16(13)22-4)18-12-7-5-6-11(17)15(12)21-3/h5-9,18H,1-4H3. The van der Waals surface area contributed by atoms with Crippen molar-refractivity contribution in [2.45, 2.75) is 0 Å². The fraction of sp³-hybridized carbons (Fsp3) is 0.250. The molecule has 22 heavy (non-hydrogen) atoms. The van der Waals surface area contributed by atoms with E-state index in [0.29, 0.717) is 28.0 Å². The zero-order chi connectivity index (χ0) is 16.1. The van der Waals surface area contributed by atoms with Crippen molar-refractivity contribution in [2.24, 2.45) is 0 Å². The second-order valence-electron chi connectivity index (χ2n) is 4.36. The smallest absolute Gasteiger partial charge is 0.203 e. The van der Waals surface area contributed by atoms with Gasteiger partial charge in [-0.05, 0) is 12.1 Å². The molecule has 0 aromatic heterocycles. The molecule has 0 spiro atoms. The number of benzene rings is 2. The zero-order valence-corrected chi connectivity index (χ0v) is 13.7. The van der Waals surface area contributed by atoms with E-state index in [-0.39, 0.29) is 0 Å². The summed E-state index contributed by atoms with van der Waals surface area (Å²) in [5, 5.41) is 3.77. The molecule has 0 aliphatic rings. The fourth-order valence-electron chi connectivity index (χ4n) is 2.12. The minimum atomic E-state index is 0.528. The summed E-state index contributed by atoms with van der Waals surface area (Å²) in [5.41, 5.74) is 1.50. The number of hydrogen-bond acceptors (Lipinski definition) is 5. The van der Waals surface area contributed by atoms with Crippen LogP contribution in [0.3, 0.4) is 0 Å².